The number of piperazine rings is 1. The molecule has 0 unspecified atom stereocenters. The molecule has 0 saturated carbocycles. The summed E-state index contributed by atoms with van der Waals surface area (Å²) in [6.45, 7) is 5.79. The number of hydrogen-bond acceptors (Lipinski definition) is 3. The molecule has 1 saturated heterocycles. The Labute approximate surface area is 159 Å². The second kappa shape index (κ2) is 9.46. The van der Waals surface area contributed by atoms with Crippen LogP contribution in [-0.4, -0.2) is 50.2 Å². The quantitative estimate of drug-likeness (QED) is 0.760. The van der Waals surface area contributed by atoms with E-state index in [1.807, 2.05) is 42.5 Å². The molecule has 1 aliphatic heterocycles. The molecule has 2 aromatic rings. The number of rotatable bonds is 6. The molecule has 1 aliphatic rings. The van der Waals surface area contributed by atoms with Gasteiger partial charge in [0.15, 0.2) is 0 Å². The molecule has 2 amide bonds. The van der Waals surface area contributed by atoms with Gasteiger partial charge >= 0.3 is 6.03 Å². The van der Waals surface area contributed by atoms with Gasteiger partial charge in [-0.25, -0.2) is 4.79 Å². The molecule has 2 aromatic carbocycles. The van der Waals surface area contributed by atoms with Gasteiger partial charge < -0.3 is 15.5 Å². The fourth-order valence-corrected chi connectivity index (χ4v) is 3.21. The van der Waals surface area contributed by atoms with E-state index in [1.165, 1.54) is 5.69 Å². The van der Waals surface area contributed by atoms with Gasteiger partial charge in [-0.15, -0.1) is 0 Å². The van der Waals surface area contributed by atoms with Gasteiger partial charge in [0.2, 0.25) is 0 Å². The summed E-state index contributed by atoms with van der Waals surface area (Å²) in [7, 11) is 0. The second-order valence-corrected chi connectivity index (χ2v) is 6.84. The average molecular weight is 373 g/mol. The highest BCUT2D eigenvalue weighted by Gasteiger charge is 2.16. The highest BCUT2D eigenvalue weighted by molar-refractivity contribution is 6.30. The van der Waals surface area contributed by atoms with E-state index < -0.39 is 0 Å². The van der Waals surface area contributed by atoms with Crippen LogP contribution in [0.25, 0.3) is 0 Å². The number of benzene rings is 2. The first-order valence-electron chi connectivity index (χ1n) is 9.03. The van der Waals surface area contributed by atoms with E-state index in [1.54, 1.807) is 0 Å². The Kier molecular flexibility index (Phi) is 6.75. The van der Waals surface area contributed by atoms with Crippen LogP contribution < -0.4 is 15.5 Å². The SMILES string of the molecule is O=C(NCCCN1CCN(c2ccc(Cl)cc2)CC1)Nc1ccccc1. The molecular formula is C20H25ClN4O. The highest BCUT2D eigenvalue weighted by atomic mass is 35.5. The second-order valence-electron chi connectivity index (χ2n) is 6.41. The lowest BCUT2D eigenvalue weighted by atomic mass is 10.2. The third kappa shape index (κ3) is 5.64. The summed E-state index contributed by atoms with van der Waals surface area (Å²) in [5, 5.41) is 6.51. The van der Waals surface area contributed by atoms with E-state index in [2.05, 4.69) is 32.6 Å². The minimum absolute atomic E-state index is 0.149. The van der Waals surface area contributed by atoms with Crippen LogP contribution in [0.15, 0.2) is 54.6 Å². The van der Waals surface area contributed by atoms with Gasteiger partial charge in [0.25, 0.3) is 0 Å². The Bertz CT molecular complexity index is 685. The number of nitrogens with zero attached hydrogens (tertiary/aromatic N) is 2. The van der Waals surface area contributed by atoms with Crippen molar-refractivity contribution in [3.8, 4) is 0 Å². The predicted octanol–water partition coefficient (Wildman–Crippen LogP) is 3.67. The molecule has 6 heteroatoms. The van der Waals surface area contributed by atoms with Gasteiger partial charge in [-0.1, -0.05) is 29.8 Å². The number of amides is 2. The van der Waals surface area contributed by atoms with Crippen molar-refractivity contribution >= 4 is 29.0 Å². The van der Waals surface area contributed by atoms with E-state index in [4.69, 9.17) is 11.6 Å². The predicted molar refractivity (Wildman–Crippen MR) is 108 cm³/mol. The van der Waals surface area contributed by atoms with Gasteiger partial charge in [0, 0.05) is 49.1 Å². The molecule has 1 fully saturated rings. The van der Waals surface area contributed by atoms with Crippen molar-refractivity contribution in [3.05, 3.63) is 59.6 Å². The van der Waals surface area contributed by atoms with Crippen molar-refractivity contribution in [3.63, 3.8) is 0 Å². The molecule has 3 rings (SSSR count). The zero-order valence-corrected chi connectivity index (χ0v) is 15.6. The lowest BCUT2D eigenvalue weighted by Gasteiger charge is -2.36. The number of para-hydroxylation sites is 1. The monoisotopic (exact) mass is 372 g/mol. The number of hydrogen-bond donors (Lipinski definition) is 2. The van der Waals surface area contributed by atoms with Gasteiger partial charge in [0.05, 0.1) is 0 Å². The zero-order chi connectivity index (χ0) is 18.2. The average Bonchev–Trinajstić information content (AvgIpc) is 2.67. The molecule has 0 aromatic heterocycles. The maximum atomic E-state index is 11.8. The van der Waals surface area contributed by atoms with Crippen LogP contribution in [0.1, 0.15) is 6.42 Å². The molecule has 0 spiro atoms. The van der Waals surface area contributed by atoms with E-state index in [9.17, 15) is 4.79 Å². The molecule has 0 aliphatic carbocycles. The Morgan fingerprint density at radius 2 is 1.65 bits per heavy atom. The number of carbonyl (C=O) groups is 1. The topological polar surface area (TPSA) is 47.6 Å². The van der Waals surface area contributed by atoms with Crippen LogP contribution in [0.5, 0.6) is 0 Å². The fraction of sp³-hybridized carbons (Fsp3) is 0.350. The summed E-state index contributed by atoms with van der Waals surface area (Å²) >= 11 is 5.95. The molecule has 0 bridgehead atoms. The summed E-state index contributed by atoms with van der Waals surface area (Å²) < 4.78 is 0. The summed E-state index contributed by atoms with van der Waals surface area (Å²) in [6.07, 6.45) is 0.948. The van der Waals surface area contributed by atoms with Crippen LogP contribution in [0, 0.1) is 0 Å². The normalized spacial score (nSPS) is 14.9. The first kappa shape index (κ1) is 18.5. The third-order valence-electron chi connectivity index (χ3n) is 4.53. The Hall–Kier alpha value is -2.24. The molecule has 0 atom stereocenters. The van der Waals surface area contributed by atoms with Gasteiger partial charge in [-0.05, 0) is 49.4 Å². The van der Waals surface area contributed by atoms with Crippen molar-refractivity contribution in [2.75, 3.05) is 49.5 Å². The smallest absolute Gasteiger partial charge is 0.319 e. The number of urea groups is 1. The third-order valence-corrected chi connectivity index (χ3v) is 4.78. The molecule has 2 N–H and O–H groups in total. The van der Waals surface area contributed by atoms with Gasteiger partial charge in [-0.2, -0.15) is 0 Å². The lowest BCUT2D eigenvalue weighted by molar-refractivity contribution is 0.244. The van der Waals surface area contributed by atoms with Gasteiger partial charge in [-0.3, -0.25) is 4.90 Å². The summed E-state index contributed by atoms with van der Waals surface area (Å²) in [5.74, 6) is 0. The minimum Gasteiger partial charge on any atom is -0.369 e. The number of anilines is 2. The Balaban J connectivity index is 1.30. The highest BCUT2D eigenvalue weighted by Crippen LogP contribution is 2.19. The van der Waals surface area contributed by atoms with Crippen molar-refractivity contribution in [1.82, 2.24) is 10.2 Å². The van der Waals surface area contributed by atoms with Crippen molar-refractivity contribution in [2.45, 2.75) is 6.42 Å². The van der Waals surface area contributed by atoms with Crippen molar-refractivity contribution < 1.29 is 4.79 Å². The summed E-state index contributed by atoms with van der Waals surface area (Å²) in [6, 6.07) is 17.4. The summed E-state index contributed by atoms with van der Waals surface area (Å²) in [4.78, 5) is 16.7. The largest absolute Gasteiger partial charge is 0.369 e. The molecule has 0 radical (unpaired) electrons. The van der Waals surface area contributed by atoms with Crippen LogP contribution in [0.3, 0.4) is 0 Å². The minimum atomic E-state index is -0.149. The Morgan fingerprint density at radius 1 is 0.962 bits per heavy atom. The maximum Gasteiger partial charge on any atom is 0.319 e. The first-order chi connectivity index (χ1) is 12.7. The van der Waals surface area contributed by atoms with E-state index in [-0.39, 0.29) is 6.03 Å². The van der Waals surface area contributed by atoms with Crippen LogP contribution in [-0.2, 0) is 0 Å². The molecule has 5 nitrogen and oxygen atoms in total. The van der Waals surface area contributed by atoms with Crippen LogP contribution in [0.2, 0.25) is 5.02 Å². The van der Waals surface area contributed by atoms with Gasteiger partial charge in [0.1, 0.15) is 0 Å². The maximum absolute atomic E-state index is 11.8. The molecule has 26 heavy (non-hydrogen) atoms. The van der Waals surface area contributed by atoms with E-state index in [0.717, 1.165) is 49.9 Å². The van der Waals surface area contributed by atoms with Crippen molar-refractivity contribution in [2.24, 2.45) is 0 Å². The zero-order valence-electron chi connectivity index (χ0n) is 14.8. The molecular weight excluding hydrogens is 348 g/mol. The first-order valence-corrected chi connectivity index (χ1v) is 9.41. The number of nitrogens with one attached hydrogen (secondary N) is 2. The molecule has 138 valence electrons. The van der Waals surface area contributed by atoms with Crippen LogP contribution in [0.4, 0.5) is 16.2 Å². The van der Waals surface area contributed by atoms with Crippen molar-refractivity contribution in [1.29, 1.82) is 0 Å². The lowest BCUT2D eigenvalue weighted by Crippen LogP contribution is -2.47. The number of carbonyl (C=O) groups excluding carboxylic acids is 1. The number of halogens is 1. The van der Waals surface area contributed by atoms with E-state index >= 15 is 0 Å². The summed E-state index contributed by atoms with van der Waals surface area (Å²) in [5.41, 5.74) is 2.04. The van der Waals surface area contributed by atoms with Crippen LogP contribution >= 0.6 is 11.6 Å². The standard InChI is InChI=1S/C20H25ClN4O/c21-17-7-9-19(10-8-17)25-15-13-24(14-16-25)12-4-11-22-20(26)23-18-5-2-1-3-6-18/h1-3,5-10H,4,11-16H2,(H2,22,23,26). The Morgan fingerprint density at radius 3 is 2.35 bits per heavy atom. The molecule has 1 heterocycles. The fourth-order valence-electron chi connectivity index (χ4n) is 3.08. The van der Waals surface area contributed by atoms with E-state index in [0.29, 0.717) is 6.54 Å².